The monoisotopic (exact) mass is 323 g/mol. The third kappa shape index (κ3) is 3.98. The first-order valence-corrected chi connectivity index (χ1v) is 6.72. The van der Waals surface area contributed by atoms with Gasteiger partial charge in [0, 0.05) is 6.07 Å². The molecule has 0 saturated carbocycles. The molecular formula is C14H14ClN3O4. The zero-order valence-electron chi connectivity index (χ0n) is 12.0. The van der Waals surface area contributed by atoms with E-state index in [2.05, 4.69) is 20.5 Å². The van der Waals surface area contributed by atoms with E-state index in [1.54, 1.807) is 19.1 Å². The number of aromatic nitrogens is 1. The highest BCUT2D eigenvalue weighted by Crippen LogP contribution is 2.23. The Morgan fingerprint density at radius 1 is 1.36 bits per heavy atom. The quantitative estimate of drug-likeness (QED) is 0.821. The fourth-order valence-electron chi connectivity index (χ4n) is 1.69. The van der Waals surface area contributed by atoms with Crippen molar-refractivity contribution < 1.29 is 18.8 Å². The molecule has 0 unspecified atom stereocenters. The summed E-state index contributed by atoms with van der Waals surface area (Å²) >= 11 is 6.02. The van der Waals surface area contributed by atoms with Crippen LogP contribution in [0, 0.1) is 6.92 Å². The van der Waals surface area contributed by atoms with Crippen molar-refractivity contribution in [1.29, 1.82) is 0 Å². The minimum atomic E-state index is -0.484. The fraction of sp³-hybridized carbons (Fsp3) is 0.214. The molecular weight excluding hydrogens is 310 g/mol. The second-order valence-corrected chi connectivity index (χ2v) is 4.82. The normalized spacial score (nSPS) is 10.1. The average Bonchev–Trinajstić information content (AvgIpc) is 2.90. The molecule has 0 atom stereocenters. The second-order valence-electron chi connectivity index (χ2n) is 4.41. The Labute approximate surface area is 131 Å². The summed E-state index contributed by atoms with van der Waals surface area (Å²) in [6.07, 6.45) is 0. The van der Waals surface area contributed by atoms with E-state index >= 15 is 0 Å². The number of anilines is 2. The van der Waals surface area contributed by atoms with Gasteiger partial charge in [0.05, 0.1) is 29.9 Å². The van der Waals surface area contributed by atoms with Crippen molar-refractivity contribution in [3.63, 3.8) is 0 Å². The Morgan fingerprint density at radius 2 is 2.14 bits per heavy atom. The lowest BCUT2D eigenvalue weighted by Gasteiger charge is -2.09. The number of benzene rings is 1. The molecule has 2 N–H and O–H groups in total. The molecule has 0 radical (unpaired) electrons. The van der Waals surface area contributed by atoms with Crippen LogP contribution in [0.2, 0.25) is 5.02 Å². The van der Waals surface area contributed by atoms with Gasteiger partial charge in [-0.1, -0.05) is 16.8 Å². The molecule has 0 bridgehead atoms. The Balaban J connectivity index is 1.98. The van der Waals surface area contributed by atoms with Crippen LogP contribution < -0.4 is 10.6 Å². The van der Waals surface area contributed by atoms with Crippen molar-refractivity contribution in [2.45, 2.75) is 6.92 Å². The van der Waals surface area contributed by atoms with Crippen molar-refractivity contribution in [2.24, 2.45) is 0 Å². The van der Waals surface area contributed by atoms with Crippen LogP contribution in [0.3, 0.4) is 0 Å². The average molecular weight is 324 g/mol. The van der Waals surface area contributed by atoms with Crippen molar-refractivity contribution in [3.05, 3.63) is 40.6 Å². The van der Waals surface area contributed by atoms with E-state index in [4.69, 9.17) is 16.1 Å². The maximum absolute atomic E-state index is 11.8. The summed E-state index contributed by atoms with van der Waals surface area (Å²) in [6, 6.07) is 6.21. The number of rotatable bonds is 5. The molecule has 0 spiro atoms. The third-order valence-corrected chi connectivity index (χ3v) is 3.05. The van der Waals surface area contributed by atoms with Gasteiger partial charge in [-0.15, -0.1) is 0 Å². The Hall–Kier alpha value is -2.54. The topological polar surface area (TPSA) is 93.5 Å². The van der Waals surface area contributed by atoms with Crippen molar-refractivity contribution in [1.82, 2.24) is 5.16 Å². The maximum atomic E-state index is 11.8. The lowest BCUT2D eigenvalue weighted by atomic mass is 10.2. The van der Waals surface area contributed by atoms with Gasteiger partial charge in [-0.05, 0) is 25.1 Å². The number of hydrogen-bond acceptors (Lipinski definition) is 6. The van der Waals surface area contributed by atoms with E-state index in [-0.39, 0.29) is 12.5 Å². The van der Waals surface area contributed by atoms with Gasteiger partial charge in [0.15, 0.2) is 5.82 Å². The van der Waals surface area contributed by atoms with Gasteiger partial charge in [0.25, 0.3) is 0 Å². The molecule has 0 aliphatic rings. The predicted molar refractivity (Wildman–Crippen MR) is 81.2 cm³/mol. The second kappa shape index (κ2) is 6.95. The van der Waals surface area contributed by atoms with Crippen LogP contribution in [0.15, 0.2) is 28.8 Å². The van der Waals surface area contributed by atoms with Crippen LogP contribution in [0.25, 0.3) is 0 Å². The van der Waals surface area contributed by atoms with Gasteiger partial charge in [-0.2, -0.15) is 0 Å². The molecule has 22 heavy (non-hydrogen) atoms. The molecule has 1 amide bonds. The van der Waals surface area contributed by atoms with Crippen LogP contribution >= 0.6 is 11.6 Å². The number of aryl methyl sites for hydroxylation is 1. The number of carbonyl (C=O) groups excluding carboxylic acids is 2. The molecule has 0 aliphatic carbocycles. The molecule has 116 valence electrons. The van der Waals surface area contributed by atoms with Crippen molar-refractivity contribution in [2.75, 3.05) is 24.3 Å². The van der Waals surface area contributed by atoms with Crippen molar-refractivity contribution >= 4 is 35.0 Å². The number of methoxy groups -OCH3 is 1. The van der Waals surface area contributed by atoms with E-state index in [1.165, 1.54) is 19.2 Å². The van der Waals surface area contributed by atoms with E-state index in [1.807, 2.05) is 0 Å². The number of hydrogen-bond donors (Lipinski definition) is 2. The molecule has 1 heterocycles. The zero-order chi connectivity index (χ0) is 16.1. The van der Waals surface area contributed by atoms with Gasteiger partial charge in [0.1, 0.15) is 5.76 Å². The first kappa shape index (κ1) is 15.8. The smallest absolute Gasteiger partial charge is 0.337 e. The van der Waals surface area contributed by atoms with Crippen LogP contribution in [0.5, 0.6) is 0 Å². The lowest BCUT2D eigenvalue weighted by molar-refractivity contribution is -0.114. The zero-order valence-corrected chi connectivity index (χ0v) is 12.7. The van der Waals surface area contributed by atoms with E-state index in [0.29, 0.717) is 27.9 Å². The maximum Gasteiger partial charge on any atom is 0.337 e. The highest BCUT2D eigenvalue weighted by molar-refractivity contribution is 6.33. The summed E-state index contributed by atoms with van der Waals surface area (Å²) in [4.78, 5) is 23.3. The number of nitrogens with one attached hydrogen (secondary N) is 2. The van der Waals surface area contributed by atoms with Gasteiger partial charge < -0.3 is 19.9 Å². The van der Waals surface area contributed by atoms with Gasteiger partial charge in [-0.3, -0.25) is 4.79 Å². The number of nitrogens with zero attached hydrogens (tertiary/aromatic N) is 1. The minimum Gasteiger partial charge on any atom is -0.465 e. The Kier molecular flexibility index (Phi) is 5.00. The highest BCUT2D eigenvalue weighted by Gasteiger charge is 2.11. The molecule has 0 aliphatic heterocycles. The molecule has 1 aromatic carbocycles. The molecule has 0 fully saturated rings. The number of amides is 1. The number of halogens is 1. The van der Waals surface area contributed by atoms with Gasteiger partial charge >= 0.3 is 5.97 Å². The molecule has 8 heteroatoms. The summed E-state index contributed by atoms with van der Waals surface area (Å²) in [6.45, 7) is 1.68. The van der Waals surface area contributed by atoms with E-state index in [0.717, 1.165) is 0 Å². The molecule has 1 aromatic heterocycles. The lowest BCUT2D eigenvalue weighted by Crippen LogP contribution is -2.22. The summed E-state index contributed by atoms with van der Waals surface area (Å²) in [5.74, 6) is 0.117. The summed E-state index contributed by atoms with van der Waals surface area (Å²) in [5, 5.41) is 9.45. The largest absolute Gasteiger partial charge is 0.465 e. The highest BCUT2D eigenvalue weighted by atomic mass is 35.5. The standard InChI is InChI=1S/C14H14ClN3O4/c1-8-5-12(18-22-8)17-13(19)7-16-11-6-9(14(20)21-2)3-4-10(11)15/h3-6,16H,7H2,1-2H3,(H,17,18,19). The molecule has 2 rings (SSSR count). The molecule has 0 saturated heterocycles. The first-order chi connectivity index (χ1) is 10.5. The molecule has 7 nitrogen and oxygen atoms in total. The van der Waals surface area contributed by atoms with Crippen LogP contribution in [0.1, 0.15) is 16.1 Å². The van der Waals surface area contributed by atoms with Gasteiger partial charge in [-0.25, -0.2) is 4.79 Å². The predicted octanol–water partition coefficient (Wildman–Crippen LogP) is 2.47. The number of esters is 1. The third-order valence-electron chi connectivity index (χ3n) is 2.72. The number of carbonyl (C=O) groups is 2. The van der Waals surface area contributed by atoms with E-state index < -0.39 is 5.97 Å². The summed E-state index contributed by atoms with van der Waals surface area (Å²) in [7, 11) is 1.29. The summed E-state index contributed by atoms with van der Waals surface area (Å²) < 4.78 is 9.47. The van der Waals surface area contributed by atoms with Gasteiger partial charge in [0.2, 0.25) is 5.91 Å². The molecule has 2 aromatic rings. The Bertz CT molecular complexity index is 699. The number of ether oxygens (including phenoxy) is 1. The first-order valence-electron chi connectivity index (χ1n) is 6.34. The van der Waals surface area contributed by atoms with E-state index in [9.17, 15) is 9.59 Å². The van der Waals surface area contributed by atoms with Crippen LogP contribution in [-0.2, 0) is 9.53 Å². The summed E-state index contributed by atoms with van der Waals surface area (Å²) in [5.41, 5.74) is 0.790. The van der Waals surface area contributed by atoms with Crippen molar-refractivity contribution in [3.8, 4) is 0 Å². The van der Waals surface area contributed by atoms with Crippen LogP contribution in [0.4, 0.5) is 11.5 Å². The SMILES string of the molecule is COC(=O)c1ccc(Cl)c(NCC(=O)Nc2cc(C)on2)c1. The fourth-order valence-corrected chi connectivity index (χ4v) is 1.88. The Morgan fingerprint density at radius 3 is 2.77 bits per heavy atom. The van der Waals surface area contributed by atoms with Crippen LogP contribution in [-0.4, -0.2) is 30.7 Å². The minimum absolute atomic E-state index is 0.0454.